The predicted octanol–water partition coefficient (Wildman–Crippen LogP) is 3.85. The summed E-state index contributed by atoms with van der Waals surface area (Å²) in [4.78, 5) is 2.45. The van der Waals surface area contributed by atoms with Crippen molar-refractivity contribution in [1.29, 1.82) is 5.26 Å². The van der Waals surface area contributed by atoms with Crippen LogP contribution in [0.5, 0.6) is 0 Å². The number of rotatable bonds is 4. The van der Waals surface area contributed by atoms with Gasteiger partial charge in [0.2, 0.25) is 0 Å². The van der Waals surface area contributed by atoms with E-state index in [0.29, 0.717) is 6.04 Å². The van der Waals surface area contributed by atoms with Crippen molar-refractivity contribution in [3.8, 4) is 6.07 Å². The van der Waals surface area contributed by atoms with Crippen LogP contribution in [0.1, 0.15) is 50.2 Å². The number of hydrogen-bond acceptors (Lipinski definition) is 2. The average molecular weight is 260 g/mol. The van der Waals surface area contributed by atoms with Crippen LogP contribution in [0, 0.1) is 17.1 Å². The maximum absolute atomic E-state index is 13.3. The summed E-state index contributed by atoms with van der Waals surface area (Å²) < 4.78 is 13.3. The molecular weight excluding hydrogens is 239 g/mol. The summed E-state index contributed by atoms with van der Waals surface area (Å²) in [6.45, 7) is 3.99. The van der Waals surface area contributed by atoms with Crippen LogP contribution in [0.2, 0.25) is 0 Å². The molecule has 0 N–H and O–H groups in total. The van der Waals surface area contributed by atoms with Gasteiger partial charge in [-0.1, -0.05) is 32.3 Å². The van der Waals surface area contributed by atoms with Gasteiger partial charge in [0.05, 0.1) is 5.56 Å². The Kier molecular flexibility index (Phi) is 4.93. The fourth-order valence-electron chi connectivity index (χ4n) is 2.94. The first-order chi connectivity index (χ1) is 9.24. The van der Waals surface area contributed by atoms with E-state index in [-0.39, 0.29) is 5.56 Å². The van der Waals surface area contributed by atoms with E-state index < -0.39 is 5.82 Å². The summed E-state index contributed by atoms with van der Waals surface area (Å²) in [5.74, 6) is -0.424. The normalized spacial score (nSPS) is 16.5. The van der Waals surface area contributed by atoms with E-state index in [0.717, 1.165) is 18.7 Å². The van der Waals surface area contributed by atoms with Crippen molar-refractivity contribution in [2.24, 2.45) is 0 Å². The third-order valence-corrected chi connectivity index (χ3v) is 4.03. The summed E-state index contributed by atoms with van der Waals surface area (Å²) in [5.41, 5.74) is 1.18. The smallest absolute Gasteiger partial charge is 0.140 e. The highest BCUT2D eigenvalue weighted by molar-refractivity contribution is 5.34. The molecule has 0 amide bonds. The highest BCUT2D eigenvalue weighted by atomic mass is 19.1. The van der Waals surface area contributed by atoms with Gasteiger partial charge in [0.15, 0.2) is 0 Å². The van der Waals surface area contributed by atoms with E-state index in [1.165, 1.54) is 38.2 Å². The van der Waals surface area contributed by atoms with Crippen LogP contribution in [-0.2, 0) is 6.54 Å². The molecule has 0 atom stereocenters. The third kappa shape index (κ3) is 3.54. The molecule has 0 saturated heterocycles. The van der Waals surface area contributed by atoms with Crippen molar-refractivity contribution < 1.29 is 4.39 Å². The first kappa shape index (κ1) is 14.0. The van der Waals surface area contributed by atoms with Gasteiger partial charge in [0.25, 0.3) is 0 Å². The zero-order chi connectivity index (χ0) is 13.7. The van der Waals surface area contributed by atoms with Crippen LogP contribution < -0.4 is 0 Å². The van der Waals surface area contributed by atoms with Crippen molar-refractivity contribution in [3.05, 3.63) is 35.1 Å². The van der Waals surface area contributed by atoms with Gasteiger partial charge in [-0.15, -0.1) is 0 Å². The van der Waals surface area contributed by atoms with Crippen molar-refractivity contribution in [1.82, 2.24) is 4.90 Å². The van der Waals surface area contributed by atoms with E-state index in [9.17, 15) is 4.39 Å². The molecule has 1 aromatic rings. The van der Waals surface area contributed by atoms with E-state index in [1.807, 2.05) is 6.07 Å². The Morgan fingerprint density at radius 1 is 1.32 bits per heavy atom. The standard InChI is InChI=1S/C16H21FN2/c1-2-19(15-6-4-3-5-7-15)12-13-8-9-16(17)14(10-13)11-18/h8-10,15H,2-7,12H2,1H3. The lowest BCUT2D eigenvalue weighted by Gasteiger charge is -2.33. The van der Waals surface area contributed by atoms with E-state index in [4.69, 9.17) is 5.26 Å². The number of nitriles is 1. The minimum atomic E-state index is -0.424. The molecule has 2 rings (SSSR count). The zero-order valence-corrected chi connectivity index (χ0v) is 11.5. The lowest BCUT2D eigenvalue weighted by Crippen LogP contribution is -2.36. The van der Waals surface area contributed by atoms with Crippen molar-refractivity contribution in [2.75, 3.05) is 6.54 Å². The topological polar surface area (TPSA) is 27.0 Å². The maximum atomic E-state index is 13.3. The van der Waals surface area contributed by atoms with Crippen LogP contribution in [0.25, 0.3) is 0 Å². The average Bonchev–Trinajstić information content (AvgIpc) is 2.47. The third-order valence-electron chi connectivity index (χ3n) is 4.03. The highest BCUT2D eigenvalue weighted by Gasteiger charge is 2.20. The summed E-state index contributed by atoms with van der Waals surface area (Å²) in [6, 6.07) is 7.44. The Bertz CT molecular complexity index is 458. The Labute approximate surface area is 114 Å². The Hall–Kier alpha value is -1.40. The van der Waals surface area contributed by atoms with Gasteiger partial charge in [-0.05, 0) is 37.1 Å². The largest absolute Gasteiger partial charge is 0.296 e. The number of benzene rings is 1. The molecule has 0 bridgehead atoms. The molecule has 2 nitrogen and oxygen atoms in total. The molecule has 1 aliphatic carbocycles. The van der Waals surface area contributed by atoms with Crippen LogP contribution in [-0.4, -0.2) is 17.5 Å². The molecule has 0 aliphatic heterocycles. The van der Waals surface area contributed by atoms with Gasteiger partial charge in [0.1, 0.15) is 11.9 Å². The molecule has 1 aliphatic rings. The summed E-state index contributed by atoms with van der Waals surface area (Å²) >= 11 is 0. The second-order valence-corrected chi connectivity index (χ2v) is 5.28. The minimum absolute atomic E-state index is 0.150. The van der Waals surface area contributed by atoms with Gasteiger partial charge in [-0.3, -0.25) is 4.90 Å². The van der Waals surface area contributed by atoms with Gasteiger partial charge < -0.3 is 0 Å². The number of halogens is 1. The number of nitrogens with zero attached hydrogens (tertiary/aromatic N) is 2. The van der Waals surface area contributed by atoms with E-state index in [2.05, 4.69) is 11.8 Å². The molecule has 19 heavy (non-hydrogen) atoms. The second kappa shape index (κ2) is 6.68. The minimum Gasteiger partial charge on any atom is -0.296 e. The van der Waals surface area contributed by atoms with Crippen molar-refractivity contribution >= 4 is 0 Å². The molecule has 0 spiro atoms. The molecule has 1 aromatic carbocycles. The lowest BCUT2D eigenvalue weighted by molar-refractivity contribution is 0.156. The first-order valence-electron chi connectivity index (χ1n) is 7.17. The molecule has 1 fully saturated rings. The molecule has 0 heterocycles. The second-order valence-electron chi connectivity index (χ2n) is 5.28. The van der Waals surface area contributed by atoms with Gasteiger partial charge >= 0.3 is 0 Å². The molecular formula is C16H21FN2. The molecule has 102 valence electrons. The lowest BCUT2D eigenvalue weighted by atomic mass is 9.94. The van der Waals surface area contributed by atoms with Crippen molar-refractivity contribution in [2.45, 2.75) is 51.6 Å². The zero-order valence-electron chi connectivity index (χ0n) is 11.5. The Morgan fingerprint density at radius 3 is 2.68 bits per heavy atom. The molecule has 0 radical (unpaired) electrons. The first-order valence-corrected chi connectivity index (χ1v) is 7.17. The molecule has 0 aromatic heterocycles. The fourth-order valence-corrected chi connectivity index (χ4v) is 2.94. The fraction of sp³-hybridized carbons (Fsp3) is 0.562. The molecule has 0 unspecified atom stereocenters. The van der Waals surface area contributed by atoms with Crippen molar-refractivity contribution in [3.63, 3.8) is 0 Å². The van der Waals surface area contributed by atoms with Crippen LogP contribution in [0.3, 0.4) is 0 Å². The van der Waals surface area contributed by atoms with Crippen LogP contribution >= 0.6 is 0 Å². The monoisotopic (exact) mass is 260 g/mol. The molecule has 3 heteroatoms. The van der Waals surface area contributed by atoms with E-state index >= 15 is 0 Å². The Balaban J connectivity index is 2.07. The molecule has 1 saturated carbocycles. The van der Waals surface area contributed by atoms with E-state index in [1.54, 1.807) is 12.1 Å². The maximum Gasteiger partial charge on any atom is 0.140 e. The SMILES string of the molecule is CCN(Cc1ccc(F)c(C#N)c1)C1CCCCC1. The summed E-state index contributed by atoms with van der Waals surface area (Å²) in [5, 5.41) is 8.88. The highest BCUT2D eigenvalue weighted by Crippen LogP contribution is 2.24. The predicted molar refractivity (Wildman–Crippen MR) is 74.1 cm³/mol. The van der Waals surface area contributed by atoms with Gasteiger partial charge in [-0.25, -0.2) is 4.39 Å². The van der Waals surface area contributed by atoms with Gasteiger partial charge in [-0.2, -0.15) is 5.26 Å². The number of hydrogen-bond donors (Lipinski definition) is 0. The summed E-state index contributed by atoms with van der Waals surface area (Å²) in [6.07, 6.45) is 6.51. The van der Waals surface area contributed by atoms with Crippen LogP contribution in [0.4, 0.5) is 4.39 Å². The Morgan fingerprint density at radius 2 is 2.05 bits per heavy atom. The quantitative estimate of drug-likeness (QED) is 0.822. The van der Waals surface area contributed by atoms with Crippen LogP contribution in [0.15, 0.2) is 18.2 Å². The van der Waals surface area contributed by atoms with Gasteiger partial charge in [0, 0.05) is 12.6 Å². The summed E-state index contributed by atoms with van der Waals surface area (Å²) in [7, 11) is 0.